The number of hydrogen-bond acceptors (Lipinski definition) is 7. The molecule has 30 heavy (non-hydrogen) atoms. The zero-order valence-electron chi connectivity index (χ0n) is 17.3. The minimum Gasteiger partial charge on any atom is -0.396 e. The van der Waals surface area contributed by atoms with E-state index in [1.165, 1.54) is 0 Å². The summed E-state index contributed by atoms with van der Waals surface area (Å²) in [6, 6.07) is 9.63. The quantitative estimate of drug-likeness (QED) is 0.316. The van der Waals surface area contributed by atoms with Crippen molar-refractivity contribution in [1.29, 1.82) is 0 Å². The molecule has 0 saturated carbocycles. The number of benzene rings is 1. The van der Waals surface area contributed by atoms with Crippen molar-refractivity contribution in [2.75, 3.05) is 42.2 Å². The van der Waals surface area contributed by atoms with Crippen LogP contribution in [0, 0.1) is 6.92 Å². The fourth-order valence-corrected chi connectivity index (χ4v) is 3.36. The number of unbranched alkanes of at least 4 members (excludes halogenated alkanes) is 3. The van der Waals surface area contributed by atoms with E-state index in [1.54, 1.807) is 6.20 Å². The Hall–Kier alpha value is -2.64. The van der Waals surface area contributed by atoms with Gasteiger partial charge >= 0.3 is 0 Å². The fraction of sp³-hybridized carbons (Fsp3) is 0.409. The summed E-state index contributed by atoms with van der Waals surface area (Å²) >= 11 is 6.05. The lowest BCUT2D eigenvalue weighted by atomic mass is 10.2. The number of aryl methyl sites for hydroxylation is 1. The van der Waals surface area contributed by atoms with Gasteiger partial charge < -0.3 is 21.1 Å². The lowest BCUT2D eigenvalue weighted by Crippen LogP contribution is -2.15. The summed E-state index contributed by atoms with van der Waals surface area (Å²) in [5.41, 5.74) is 2.82. The molecule has 4 N–H and O–H groups in total. The van der Waals surface area contributed by atoms with Gasteiger partial charge in [-0.1, -0.05) is 24.4 Å². The third kappa shape index (κ3) is 6.71. The first kappa shape index (κ1) is 22.1. The number of nitrogens with one attached hydrogen (secondary N) is 3. The molecule has 160 valence electrons. The van der Waals surface area contributed by atoms with Gasteiger partial charge in [0.25, 0.3) is 0 Å². The summed E-state index contributed by atoms with van der Waals surface area (Å²) < 4.78 is 0. The summed E-state index contributed by atoms with van der Waals surface area (Å²) in [5, 5.41) is 20.6. The van der Waals surface area contributed by atoms with Crippen molar-refractivity contribution in [1.82, 2.24) is 15.0 Å². The van der Waals surface area contributed by atoms with Crippen LogP contribution in [-0.2, 0) is 0 Å². The predicted octanol–water partition coefficient (Wildman–Crippen LogP) is 4.48. The maximum Gasteiger partial charge on any atom is 0.224 e. The van der Waals surface area contributed by atoms with Gasteiger partial charge in [-0.15, -0.1) is 0 Å². The largest absolute Gasteiger partial charge is 0.396 e. The lowest BCUT2D eigenvalue weighted by Gasteiger charge is -2.12. The monoisotopic (exact) mass is 428 g/mol. The smallest absolute Gasteiger partial charge is 0.224 e. The van der Waals surface area contributed by atoms with E-state index < -0.39 is 0 Å². The number of aromatic nitrogens is 3. The first-order chi connectivity index (χ1) is 14.7. The van der Waals surface area contributed by atoms with Gasteiger partial charge in [0, 0.05) is 60.3 Å². The topological polar surface area (TPSA) is 95.0 Å². The molecule has 3 rings (SSSR count). The number of hydrogen-bond donors (Lipinski definition) is 4. The van der Waals surface area contributed by atoms with Crippen molar-refractivity contribution in [3.8, 4) is 0 Å². The molecule has 0 bridgehead atoms. The molecule has 0 fully saturated rings. The molecule has 0 radical (unpaired) electrons. The van der Waals surface area contributed by atoms with E-state index in [-0.39, 0.29) is 6.61 Å². The number of anilines is 3. The van der Waals surface area contributed by atoms with E-state index in [2.05, 4.69) is 30.9 Å². The third-order valence-corrected chi connectivity index (χ3v) is 4.91. The SMILES string of the molecule is Cc1cc(NCCNc2ccnc3cc(Cl)ccc23)nc(NCCCCCCO)n1. The molecule has 7 nitrogen and oxygen atoms in total. The highest BCUT2D eigenvalue weighted by Crippen LogP contribution is 2.24. The van der Waals surface area contributed by atoms with Crippen LogP contribution in [0.15, 0.2) is 36.5 Å². The van der Waals surface area contributed by atoms with E-state index in [1.807, 2.05) is 37.3 Å². The van der Waals surface area contributed by atoms with Crippen molar-refractivity contribution >= 4 is 40.0 Å². The van der Waals surface area contributed by atoms with Gasteiger partial charge in [-0.25, -0.2) is 4.98 Å². The van der Waals surface area contributed by atoms with Gasteiger partial charge in [-0.2, -0.15) is 4.98 Å². The lowest BCUT2D eigenvalue weighted by molar-refractivity contribution is 0.283. The zero-order chi connectivity index (χ0) is 21.2. The number of aliphatic hydroxyl groups is 1. The zero-order valence-corrected chi connectivity index (χ0v) is 18.0. The summed E-state index contributed by atoms with van der Waals surface area (Å²) in [7, 11) is 0. The molecule has 3 aromatic rings. The maximum absolute atomic E-state index is 8.82. The Morgan fingerprint density at radius 2 is 1.73 bits per heavy atom. The highest BCUT2D eigenvalue weighted by Gasteiger charge is 2.04. The van der Waals surface area contributed by atoms with E-state index >= 15 is 0 Å². The average molecular weight is 429 g/mol. The molecule has 2 aromatic heterocycles. The molecular weight excluding hydrogens is 400 g/mol. The molecule has 0 aliphatic carbocycles. The first-order valence-electron chi connectivity index (χ1n) is 10.4. The van der Waals surface area contributed by atoms with Crippen LogP contribution in [0.25, 0.3) is 10.9 Å². The Morgan fingerprint density at radius 1 is 0.900 bits per heavy atom. The minimum absolute atomic E-state index is 0.268. The maximum atomic E-state index is 8.82. The predicted molar refractivity (Wildman–Crippen MR) is 125 cm³/mol. The summed E-state index contributed by atoms with van der Waals surface area (Å²) in [5.74, 6) is 1.45. The van der Waals surface area contributed by atoms with Gasteiger partial charge in [0.15, 0.2) is 0 Å². The molecule has 0 unspecified atom stereocenters. The molecule has 2 heterocycles. The normalized spacial score (nSPS) is 10.9. The van der Waals surface area contributed by atoms with Crippen molar-refractivity contribution < 1.29 is 5.11 Å². The Balaban J connectivity index is 1.47. The number of fused-ring (bicyclic) bond motifs is 1. The minimum atomic E-state index is 0.268. The van der Waals surface area contributed by atoms with E-state index in [4.69, 9.17) is 16.7 Å². The van der Waals surface area contributed by atoms with Crippen molar-refractivity contribution in [2.45, 2.75) is 32.6 Å². The molecule has 1 aromatic carbocycles. The van der Waals surface area contributed by atoms with Crippen LogP contribution in [-0.4, -0.2) is 46.3 Å². The Kier molecular flexibility index (Phi) is 8.47. The van der Waals surface area contributed by atoms with Crippen LogP contribution in [0.5, 0.6) is 0 Å². The van der Waals surface area contributed by atoms with E-state index in [9.17, 15) is 0 Å². The molecule has 0 aliphatic heterocycles. The number of aliphatic hydroxyl groups excluding tert-OH is 1. The van der Waals surface area contributed by atoms with Crippen molar-refractivity contribution in [2.24, 2.45) is 0 Å². The summed E-state index contributed by atoms with van der Waals surface area (Å²) in [4.78, 5) is 13.4. The Bertz CT molecular complexity index is 952. The van der Waals surface area contributed by atoms with E-state index in [0.29, 0.717) is 17.5 Å². The van der Waals surface area contributed by atoms with Gasteiger partial charge in [-0.05, 0) is 44.0 Å². The molecule has 0 saturated heterocycles. The van der Waals surface area contributed by atoms with Gasteiger partial charge in [-0.3, -0.25) is 4.98 Å². The Labute approximate surface area is 182 Å². The first-order valence-corrected chi connectivity index (χ1v) is 10.8. The fourth-order valence-electron chi connectivity index (χ4n) is 3.19. The van der Waals surface area contributed by atoms with Gasteiger partial charge in [0.05, 0.1) is 5.52 Å². The number of pyridine rings is 1. The number of nitrogens with zero attached hydrogens (tertiary/aromatic N) is 3. The second-order valence-corrected chi connectivity index (χ2v) is 7.59. The molecule has 0 aliphatic rings. The van der Waals surface area contributed by atoms with Crippen LogP contribution in [0.3, 0.4) is 0 Å². The standard InChI is InChI=1S/C22H29ClN6O/c1-16-14-21(29-22(28-16)27-9-4-2-3-5-13-30)26-12-11-25-19-8-10-24-20-15-17(23)6-7-18(19)20/h6-8,10,14-15,30H,2-5,9,11-13H2,1H3,(H,24,25)(H2,26,27,28,29). The average Bonchev–Trinajstić information content (AvgIpc) is 2.73. The van der Waals surface area contributed by atoms with Crippen molar-refractivity contribution in [3.05, 3.63) is 47.2 Å². The second kappa shape index (κ2) is 11.5. The van der Waals surface area contributed by atoms with Crippen LogP contribution in [0.4, 0.5) is 17.5 Å². The molecular formula is C22H29ClN6O. The van der Waals surface area contributed by atoms with Gasteiger partial charge in [0.2, 0.25) is 5.95 Å². The molecule has 0 spiro atoms. The summed E-state index contributed by atoms with van der Waals surface area (Å²) in [6.45, 7) is 4.51. The molecule has 8 heteroatoms. The number of rotatable bonds is 12. The third-order valence-electron chi connectivity index (χ3n) is 4.67. The summed E-state index contributed by atoms with van der Waals surface area (Å²) in [6.07, 6.45) is 5.82. The van der Waals surface area contributed by atoms with E-state index in [0.717, 1.165) is 66.9 Å². The van der Waals surface area contributed by atoms with Crippen LogP contribution in [0.2, 0.25) is 5.02 Å². The number of halogens is 1. The van der Waals surface area contributed by atoms with Gasteiger partial charge in [0.1, 0.15) is 5.82 Å². The Morgan fingerprint density at radius 3 is 2.60 bits per heavy atom. The van der Waals surface area contributed by atoms with Crippen LogP contribution < -0.4 is 16.0 Å². The van der Waals surface area contributed by atoms with Crippen LogP contribution >= 0.6 is 11.6 Å². The highest BCUT2D eigenvalue weighted by molar-refractivity contribution is 6.31. The highest BCUT2D eigenvalue weighted by atomic mass is 35.5. The van der Waals surface area contributed by atoms with Crippen molar-refractivity contribution in [3.63, 3.8) is 0 Å². The molecule has 0 amide bonds. The van der Waals surface area contributed by atoms with Crippen LogP contribution in [0.1, 0.15) is 31.4 Å². The second-order valence-electron chi connectivity index (χ2n) is 7.16. The molecule has 0 atom stereocenters.